The Balaban J connectivity index is 2.29. The van der Waals surface area contributed by atoms with E-state index < -0.39 is 10.0 Å². The second-order valence-corrected chi connectivity index (χ2v) is 7.45. The lowest BCUT2D eigenvalue weighted by Gasteiger charge is -2.35. The molecule has 0 spiro atoms. The van der Waals surface area contributed by atoms with Crippen LogP contribution in [0.3, 0.4) is 0 Å². The first-order chi connectivity index (χ1) is 9.74. The van der Waals surface area contributed by atoms with Gasteiger partial charge >= 0.3 is 0 Å². The van der Waals surface area contributed by atoms with Gasteiger partial charge in [0, 0.05) is 25.8 Å². The third-order valence-electron chi connectivity index (χ3n) is 4.38. The zero-order chi connectivity index (χ0) is 15.8. The lowest BCUT2D eigenvalue weighted by molar-refractivity contribution is 0.0617. The van der Waals surface area contributed by atoms with Gasteiger partial charge in [0.1, 0.15) is 10.6 Å². The summed E-state index contributed by atoms with van der Waals surface area (Å²) >= 11 is 0. The van der Waals surface area contributed by atoms with Gasteiger partial charge in [-0.1, -0.05) is 13.8 Å². The Labute approximate surface area is 126 Å². The number of nitrogens with two attached hydrogens (primary N) is 1. The van der Waals surface area contributed by atoms with E-state index in [0.717, 1.165) is 6.42 Å². The lowest BCUT2D eigenvalue weighted by atomic mass is 9.88. The summed E-state index contributed by atoms with van der Waals surface area (Å²) in [5.41, 5.74) is 0.392. The third-order valence-corrected chi connectivity index (χ3v) is 5.26. The van der Waals surface area contributed by atoms with Gasteiger partial charge < -0.3 is 9.47 Å². The van der Waals surface area contributed by atoms with Crippen LogP contribution in [0.25, 0.3) is 0 Å². The van der Waals surface area contributed by atoms with E-state index in [2.05, 4.69) is 13.8 Å². The number of piperidine rings is 1. The fourth-order valence-electron chi connectivity index (χ4n) is 2.69. The van der Waals surface area contributed by atoms with E-state index in [1.165, 1.54) is 12.3 Å². The average Bonchev–Trinajstić information content (AvgIpc) is 2.85. The van der Waals surface area contributed by atoms with Crippen molar-refractivity contribution in [2.24, 2.45) is 17.0 Å². The molecule has 118 valence electrons. The third kappa shape index (κ3) is 3.29. The van der Waals surface area contributed by atoms with Crippen molar-refractivity contribution in [3.8, 4) is 0 Å². The van der Waals surface area contributed by atoms with E-state index in [9.17, 15) is 13.2 Å². The summed E-state index contributed by atoms with van der Waals surface area (Å²) in [6.45, 7) is 8.14. The molecule has 1 aromatic heterocycles. The summed E-state index contributed by atoms with van der Waals surface area (Å²) < 4.78 is 24.5. The fourth-order valence-corrected chi connectivity index (χ4v) is 3.24. The summed E-state index contributed by atoms with van der Waals surface area (Å²) in [4.78, 5) is 14.4. The Hall–Kier alpha value is -1.34. The minimum absolute atomic E-state index is 0.00822. The molecule has 1 aliphatic heterocycles. The van der Waals surface area contributed by atoms with Gasteiger partial charge in [-0.25, -0.2) is 13.6 Å². The summed E-state index contributed by atoms with van der Waals surface area (Å²) in [5, 5.41) is 5.15. The van der Waals surface area contributed by atoms with Gasteiger partial charge in [0.15, 0.2) is 0 Å². The number of amides is 1. The molecule has 0 bridgehead atoms. The number of carbonyl (C=O) groups is 1. The molecule has 2 atom stereocenters. The predicted molar refractivity (Wildman–Crippen MR) is 80.3 cm³/mol. The van der Waals surface area contributed by atoms with Crippen LogP contribution in [0.4, 0.5) is 0 Å². The largest absolute Gasteiger partial charge is 0.342 e. The number of aromatic nitrogens is 1. The zero-order valence-electron chi connectivity index (χ0n) is 12.7. The Morgan fingerprint density at radius 2 is 2.05 bits per heavy atom. The summed E-state index contributed by atoms with van der Waals surface area (Å²) in [6.07, 6.45) is 2.40. The molecule has 1 aliphatic rings. The number of carbonyl (C=O) groups excluding carboxylic acids is 1. The molecule has 2 N–H and O–H groups in total. The van der Waals surface area contributed by atoms with Crippen molar-refractivity contribution in [2.75, 3.05) is 13.1 Å². The van der Waals surface area contributed by atoms with Gasteiger partial charge in [0.05, 0.1) is 0 Å². The number of primary sulfonamides is 1. The number of likely N-dealkylation sites (tertiary alicyclic amines) is 1. The molecule has 1 amide bonds. The van der Waals surface area contributed by atoms with Gasteiger partial charge in [-0.2, -0.15) is 0 Å². The molecule has 0 aromatic carbocycles. The molecule has 1 aromatic rings. The van der Waals surface area contributed by atoms with Crippen LogP contribution in [0.15, 0.2) is 17.2 Å². The molecular formula is C14H23N3O3S. The van der Waals surface area contributed by atoms with Gasteiger partial charge in [-0.3, -0.25) is 4.79 Å². The van der Waals surface area contributed by atoms with Crippen molar-refractivity contribution in [3.63, 3.8) is 0 Å². The molecule has 0 aliphatic carbocycles. The molecule has 7 heteroatoms. The maximum Gasteiger partial charge on any atom is 0.270 e. The van der Waals surface area contributed by atoms with E-state index in [4.69, 9.17) is 5.14 Å². The van der Waals surface area contributed by atoms with Crippen molar-refractivity contribution < 1.29 is 13.2 Å². The molecule has 6 nitrogen and oxygen atoms in total. The zero-order valence-corrected chi connectivity index (χ0v) is 13.6. The van der Waals surface area contributed by atoms with E-state index >= 15 is 0 Å². The standard InChI is InChI=1S/C14H23N3O3S/c1-4-16-9-12(21(15,19)20)7-13(16)14(18)17-6-5-10(2)11(3)8-17/h7,9-11H,4-6,8H2,1-3H3,(H2,15,19,20). The van der Waals surface area contributed by atoms with Crippen molar-refractivity contribution >= 4 is 15.9 Å². The first kappa shape index (κ1) is 16.0. The van der Waals surface area contributed by atoms with Crippen LogP contribution >= 0.6 is 0 Å². The van der Waals surface area contributed by atoms with E-state index in [1.54, 1.807) is 9.47 Å². The second-order valence-electron chi connectivity index (χ2n) is 5.89. The molecule has 1 fully saturated rings. The molecule has 2 heterocycles. The van der Waals surface area contributed by atoms with Crippen molar-refractivity contribution in [2.45, 2.75) is 38.6 Å². The SMILES string of the molecule is CCn1cc(S(N)(=O)=O)cc1C(=O)N1CCC(C)C(C)C1. The minimum Gasteiger partial charge on any atom is -0.342 e. The number of hydrogen-bond donors (Lipinski definition) is 1. The van der Waals surface area contributed by atoms with Crippen molar-refractivity contribution in [1.82, 2.24) is 9.47 Å². The highest BCUT2D eigenvalue weighted by molar-refractivity contribution is 7.89. The molecule has 2 rings (SSSR count). The number of sulfonamides is 1. The number of hydrogen-bond acceptors (Lipinski definition) is 3. The summed E-state index contributed by atoms with van der Waals surface area (Å²) in [6, 6.07) is 1.38. The summed E-state index contributed by atoms with van der Waals surface area (Å²) in [5.74, 6) is 0.933. The van der Waals surface area contributed by atoms with Crippen LogP contribution in [0.2, 0.25) is 0 Å². The first-order valence-corrected chi connectivity index (χ1v) is 8.81. The lowest BCUT2D eigenvalue weighted by Crippen LogP contribution is -2.42. The van der Waals surface area contributed by atoms with Gasteiger partial charge in [0.2, 0.25) is 10.0 Å². The smallest absolute Gasteiger partial charge is 0.270 e. The normalized spacial score (nSPS) is 23.3. The second kappa shape index (κ2) is 5.81. The molecular weight excluding hydrogens is 290 g/mol. The highest BCUT2D eigenvalue weighted by Gasteiger charge is 2.28. The number of aryl methyl sites for hydroxylation is 1. The predicted octanol–water partition coefficient (Wildman–Crippen LogP) is 1.27. The first-order valence-electron chi connectivity index (χ1n) is 7.26. The maximum absolute atomic E-state index is 12.6. The Morgan fingerprint density at radius 3 is 2.57 bits per heavy atom. The van der Waals surface area contributed by atoms with Crippen LogP contribution in [0.1, 0.15) is 37.7 Å². The molecule has 2 unspecified atom stereocenters. The average molecular weight is 313 g/mol. The monoisotopic (exact) mass is 313 g/mol. The van der Waals surface area contributed by atoms with E-state index in [-0.39, 0.29) is 10.8 Å². The highest BCUT2D eigenvalue weighted by Crippen LogP contribution is 2.24. The fraction of sp³-hybridized carbons (Fsp3) is 0.643. The van der Waals surface area contributed by atoms with Crippen LogP contribution in [-0.2, 0) is 16.6 Å². The Kier molecular flexibility index (Phi) is 4.43. The Bertz CT molecular complexity index is 636. The molecule has 1 saturated heterocycles. The van der Waals surface area contributed by atoms with Crippen molar-refractivity contribution in [3.05, 3.63) is 18.0 Å². The molecule has 21 heavy (non-hydrogen) atoms. The minimum atomic E-state index is -3.79. The Morgan fingerprint density at radius 1 is 1.38 bits per heavy atom. The molecule has 0 radical (unpaired) electrons. The van der Waals surface area contributed by atoms with E-state index in [1.807, 2.05) is 6.92 Å². The van der Waals surface area contributed by atoms with Crippen LogP contribution in [-0.4, -0.2) is 36.9 Å². The van der Waals surface area contributed by atoms with E-state index in [0.29, 0.717) is 37.2 Å². The maximum atomic E-state index is 12.6. The van der Waals surface area contributed by atoms with Crippen molar-refractivity contribution in [1.29, 1.82) is 0 Å². The highest BCUT2D eigenvalue weighted by atomic mass is 32.2. The number of rotatable bonds is 3. The van der Waals surface area contributed by atoms with Gasteiger partial charge in [0.25, 0.3) is 5.91 Å². The topological polar surface area (TPSA) is 85.4 Å². The quantitative estimate of drug-likeness (QED) is 0.912. The van der Waals surface area contributed by atoms with Gasteiger partial charge in [-0.15, -0.1) is 0 Å². The summed E-state index contributed by atoms with van der Waals surface area (Å²) in [7, 11) is -3.79. The van der Waals surface area contributed by atoms with Crippen LogP contribution in [0, 0.1) is 11.8 Å². The van der Waals surface area contributed by atoms with Crippen LogP contribution < -0.4 is 5.14 Å². The van der Waals surface area contributed by atoms with Crippen LogP contribution in [0.5, 0.6) is 0 Å². The van der Waals surface area contributed by atoms with Gasteiger partial charge in [-0.05, 0) is 31.2 Å². The molecule has 0 saturated carbocycles. The number of nitrogens with zero attached hydrogens (tertiary/aromatic N) is 2.